The number of rotatable bonds is 6. The SMILES string of the molecule is CN(C(=O)c1cc(CN2C(=O)N(c3ccc(SC(F)(F)F)cc3)C(=O)C23CC3)ccn1)c1ccc(Cl)cc1. The van der Waals surface area contributed by atoms with Gasteiger partial charge in [0.1, 0.15) is 11.2 Å². The number of hydrogen-bond donors (Lipinski definition) is 0. The number of anilines is 2. The highest BCUT2D eigenvalue weighted by Crippen LogP contribution is 2.50. The molecule has 3 aromatic rings. The van der Waals surface area contributed by atoms with Crippen LogP contribution in [0.15, 0.2) is 71.8 Å². The Morgan fingerprint density at radius 1 is 1.08 bits per heavy atom. The van der Waals surface area contributed by atoms with Crippen molar-refractivity contribution >= 4 is 52.6 Å². The van der Waals surface area contributed by atoms with Gasteiger partial charge in [-0.2, -0.15) is 13.2 Å². The van der Waals surface area contributed by atoms with E-state index in [1.165, 1.54) is 40.3 Å². The number of amides is 4. The lowest BCUT2D eigenvalue weighted by atomic mass is 10.1. The van der Waals surface area contributed by atoms with Crippen molar-refractivity contribution < 1.29 is 27.6 Å². The Morgan fingerprint density at radius 2 is 1.74 bits per heavy atom. The third-order valence-electron chi connectivity index (χ3n) is 6.49. The van der Waals surface area contributed by atoms with Crippen molar-refractivity contribution in [1.29, 1.82) is 0 Å². The number of alkyl halides is 3. The molecule has 5 rings (SSSR count). The number of halogens is 4. The van der Waals surface area contributed by atoms with Gasteiger partial charge in [0.15, 0.2) is 0 Å². The molecule has 196 valence electrons. The molecule has 0 bridgehead atoms. The number of benzene rings is 2. The first-order chi connectivity index (χ1) is 18.0. The maximum atomic E-state index is 13.4. The van der Waals surface area contributed by atoms with Crippen LogP contribution in [0.1, 0.15) is 28.9 Å². The molecule has 0 radical (unpaired) electrons. The summed E-state index contributed by atoms with van der Waals surface area (Å²) in [6, 6.07) is 14.6. The number of pyridine rings is 1. The fourth-order valence-corrected chi connectivity index (χ4v) is 5.05. The second kappa shape index (κ2) is 9.63. The average Bonchev–Trinajstić information content (AvgIpc) is 3.66. The lowest BCUT2D eigenvalue weighted by Gasteiger charge is -2.22. The lowest BCUT2D eigenvalue weighted by molar-refractivity contribution is -0.120. The highest BCUT2D eigenvalue weighted by molar-refractivity contribution is 8.00. The first kappa shape index (κ1) is 26.1. The molecule has 12 heteroatoms. The second-order valence-electron chi connectivity index (χ2n) is 8.97. The van der Waals surface area contributed by atoms with E-state index in [4.69, 9.17) is 11.6 Å². The summed E-state index contributed by atoms with van der Waals surface area (Å²) in [6.07, 6.45) is 2.42. The first-order valence-corrected chi connectivity index (χ1v) is 12.7. The van der Waals surface area contributed by atoms with E-state index >= 15 is 0 Å². The Morgan fingerprint density at radius 3 is 2.34 bits per heavy atom. The normalized spacial score (nSPS) is 16.3. The van der Waals surface area contributed by atoms with Crippen molar-refractivity contribution in [2.24, 2.45) is 0 Å². The fourth-order valence-electron chi connectivity index (χ4n) is 4.39. The minimum Gasteiger partial charge on any atom is -0.310 e. The van der Waals surface area contributed by atoms with Gasteiger partial charge in [-0.3, -0.25) is 14.6 Å². The maximum Gasteiger partial charge on any atom is 0.446 e. The van der Waals surface area contributed by atoms with E-state index in [-0.39, 0.29) is 40.5 Å². The van der Waals surface area contributed by atoms with Crippen LogP contribution in [0.5, 0.6) is 0 Å². The smallest absolute Gasteiger partial charge is 0.310 e. The molecule has 0 atom stereocenters. The van der Waals surface area contributed by atoms with Crippen LogP contribution >= 0.6 is 23.4 Å². The minimum atomic E-state index is -4.44. The molecule has 4 amide bonds. The largest absolute Gasteiger partial charge is 0.446 e. The first-order valence-electron chi connectivity index (χ1n) is 11.5. The van der Waals surface area contributed by atoms with Gasteiger partial charge in [-0.25, -0.2) is 9.69 Å². The van der Waals surface area contributed by atoms with E-state index in [1.54, 1.807) is 43.4 Å². The molecule has 0 unspecified atom stereocenters. The summed E-state index contributed by atoms with van der Waals surface area (Å²) in [6.45, 7) is 0.0660. The van der Waals surface area contributed by atoms with Crippen molar-refractivity contribution in [2.45, 2.75) is 35.3 Å². The highest BCUT2D eigenvalue weighted by Gasteiger charge is 2.65. The topological polar surface area (TPSA) is 73.8 Å². The van der Waals surface area contributed by atoms with Crippen molar-refractivity contribution in [3.8, 4) is 0 Å². The molecule has 1 aromatic heterocycles. The molecule has 1 spiro atoms. The Labute approximate surface area is 225 Å². The Bertz CT molecular complexity index is 1410. The van der Waals surface area contributed by atoms with E-state index in [9.17, 15) is 27.6 Å². The van der Waals surface area contributed by atoms with Gasteiger partial charge in [0, 0.05) is 35.4 Å². The minimum absolute atomic E-state index is 0.0455. The van der Waals surface area contributed by atoms with E-state index in [1.807, 2.05) is 0 Å². The molecule has 1 saturated heterocycles. The summed E-state index contributed by atoms with van der Waals surface area (Å²) >= 11 is 5.66. The van der Waals surface area contributed by atoms with Gasteiger partial charge in [-0.1, -0.05) is 11.6 Å². The van der Waals surface area contributed by atoms with Gasteiger partial charge in [0.25, 0.3) is 11.8 Å². The van der Waals surface area contributed by atoms with Crippen molar-refractivity contribution in [2.75, 3.05) is 16.8 Å². The molecular formula is C26H20ClF3N4O3S. The van der Waals surface area contributed by atoms with Crippen molar-refractivity contribution in [3.05, 3.63) is 83.1 Å². The van der Waals surface area contributed by atoms with Crippen LogP contribution in [0.3, 0.4) is 0 Å². The number of imide groups is 1. The highest BCUT2D eigenvalue weighted by atomic mass is 35.5. The van der Waals surface area contributed by atoms with Crippen LogP contribution in [0.4, 0.5) is 29.3 Å². The number of urea groups is 1. The van der Waals surface area contributed by atoms with Crippen molar-refractivity contribution in [3.63, 3.8) is 0 Å². The van der Waals surface area contributed by atoms with E-state index in [2.05, 4.69) is 4.98 Å². The molecule has 1 saturated carbocycles. The molecule has 1 aliphatic carbocycles. The van der Waals surface area contributed by atoms with Crippen LogP contribution in [-0.2, 0) is 11.3 Å². The molecule has 1 aliphatic heterocycles. The van der Waals surface area contributed by atoms with Gasteiger partial charge in [-0.15, -0.1) is 0 Å². The predicted octanol–water partition coefficient (Wildman–Crippen LogP) is 6.12. The maximum absolute atomic E-state index is 13.4. The summed E-state index contributed by atoms with van der Waals surface area (Å²) in [5.41, 5.74) is -3.83. The van der Waals surface area contributed by atoms with Crippen LogP contribution in [0.25, 0.3) is 0 Å². The summed E-state index contributed by atoms with van der Waals surface area (Å²) < 4.78 is 38.0. The van der Waals surface area contributed by atoms with Gasteiger partial charge in [-0.05, 0) is 90.8 Å². The number of aromatic nitrogens is 1. The van der Waals surface area contributed by atoms with Crippen LogP contribution < -0.4 is 9.80 Å². The van der Waals surface area contributed by atoms with Gasteiger partial charge < -0.3 is 9.80 Å². The molecule has 2 aliphatic rings. The van der Waals surface area contributed by atoms with Crippen molar-refractivity contribution in [1.82, 2.24) is 9.88 Å². The summed E-state index contributed by atoms with van der Waals surface area (Å²) in [4.78, 5) is 47.7. The summed E-state index contributed by atoms with van der Waals surface area (Å²) in [5.74, 6) is -0.774. The molecule has 0 N–H and O–H groups in total. The quantitative estimate of drug-likeness (QED) is 0.268. The zero-order chi connectivity index (χ0) is 27.2. The Balaban J connectivity index is 1.35. The second-order valence-corrected chi connectivity index (χ2v) is 10.5. The van der Waals surface area contributed by atoms with E-state index in [0.29, 0.717) is 29.1 Å². The Hall–Kier alpha value is -3.57. The lowest BCUT2D eigenvalue weighted by Crippen LogP contribution is -2.36. The average molecular weight is 561 g/mol. The molecule has 38 heavy (non-hydrogen) atoms. The fraction of sp³-hybridized carbons (Fsp3) is 0.231. The number of carbonyl (C=O) groups excluding carboxylic acids is 3. The van der Waals surface area contributed by atoms with E-state index < -0.39 is 23.0 Å². The monoisotopic (exact) mass is 560 g/mol. The van der Waals surface area contributed by atoms with Crippen LogP contribution in [0.2, 0.25) is 5.02 Å². The number of nitrogens with zero attached hydrogens (tertiary/aromatic N) is 4. The number of hydrogen-bond acceptors (Lipinski definition) is 5. The standard InChI is InChI=1S/C26H20ClF3N4O3S/c1-32(18-4-2-17(27)3-5-18)22(35)21-14-16(10-13-31-21)15-33-24(37)34(23(36)25(33)11-12-25)19-6-8-20(9-7-19)38-26(28,29)30/h2-10,13-14H,11-12,15H2,1H3. The van der Waals surface area contributed by atoms with E-state index in [0.717, 1.165) is 4.90 Å². The zero-order valence-electron chi connectivity index (χ0n) is 19.9. The molecule has 2 fully saturated rings. The zero-order valence-corrected chi connectivity index (χ0v) is 21.5. The summed E-state index contributed by atoms with van der Waals surface area (Å²) in [7, 11) is 1.61. The van der Waals surface area contributed by atoms with Gasteiger partial charge >= 0.3 is 11.5 Å². The third-order valence-corrected chi connectivity index (χ3v) is 7.49. The van der Waals surface area contributed by atoms with Gasteiger partial charge in [0.2, 0.25) is 0 Å². The predicted molar refractivity (Wildman–Crippen MR) is 137 cm³/mol. The molecule has 2 heterocycles. The Kier molecular flexibility index (Phi) is 6.60. The molecule has 7 nitrogen and oxygen atoms in total. The van der Waals surface area contributed by atoms with Gasteiger partial charge in [0.05, 0.1) is 5.69 Å². The number of thioether (sulfide) groups is 1. The van der Waals surface area contributed by atoms with Crippen LogP contribution in [0, 0.1) is 0 Å². The number of carbonyl (C=O) groups is 3. The molecular weight excluding hydrogens is 541 g/mol. The summed E-state index contributed by atoms with van der Waals surface area (Å²) in [5, 5.41) is 0.540. The third kappa shape index (κ3) is 4.95. The van der Waals surface area contributed by atoms with Crippen LogP contribution in [-0.4, -0.2) is 45.8 Å². The molecule has 2 aromatic carbocycles.